The predicted octanol–water partition coefficient (Wildman–Crippen LogP) is 3.62. The number of halogens is 1. The fraction of sp³-hybridized carbons (Fsp3) is 0.350. The predicted molar refractivity (Wildman–Crippen MR) is 118 cm³/mol. The lowest BCUT2D eigenvalue weighted by atomic mass is 10.1. The van der Waals surface area contributed by atoms with Crippen molar-refractivity contribution in [3.8, 4) is 11.5 Å². The first kappa shape index (κ1) is 22.1. The average Bonchev–Trinajstić information content (AvgIpc) is 2.65. The quantitative estimate of drug-likeness (QED) is 0.353. The Morgan fingerprint density at radius 2 is 1.77 bits per heavy atom. The Hall–Kier alpha value is -1.96. The number of nitrogens with zero attached hydrogens (tertiary/aromatic N) is 1. The number of guanidine groups is 1. The van der Waals surface area contributed by atoms with Crippen LogP contribution in [0.3, 0.4) is 0 Å². The van der Waals surface area contributed by atoms with Crippen molar-refractivity contribution in [2.75, 3.05) is 27.3 Å². The molecule has 142 valence electrons. The van der Waals surface area contributed by atoms with Crippen LogP contribution in [0.1, 0.15) is 18.1 Å². The highest BCUT2D eigenvalue weighted by Gasteiger charge is 2.01. The van der Waals surface area contributed by atoms with Gasteiger partial charge in [0.05, 0.1) is 13.7 Å². The van der Waals surface area contributed by atoms with Crippen LogP contribution in [0.15, 0.2) is 53.5 Å². The molecular formula is C20H28IN3O2. The summed E-state index contributed by atoms with van der Waals surface area (Å²) in [5, 5.41) is 6.66. The number of hydrogen-bond donors (Lipinski definition) is 2. The van der Waals surface area contributed by atoms with Crippen molar-refractivity contribution in [1.29, 1.82) is 0 Å². The zero-order valence-electron chi connectivity index (χ0n) is 15.6. The largest absolute Gasteiger partial charge is 0.497 e. The van der Waals surface area contributed by atoms with E-state index in [1.807, 2.05) is 37.3 Å². The smallest absolute Gasteiger partial charge is 0.191 e. The molecule has 0 saturated carbocycles. The van der Waals surface area contributed by atoms with Gasteiger partial charge in [-0.3, -0.25) is 4.99 Å². The molecule has 0 aromatic heterocycles. The molecule has 0 fully saturated rings. The first-order valence-electron chi connectivity index (χ1n) is 8.54. The number of nitrogens with one attached hydrogen (secondary N) is 2. The van der Waals surface area contributed by atoms with Gasteiger partial charge in [0.1, 0.15) is 11.5 Å². The number of ether oxygens (including phenoxy) is 2. The number of benzene rings is 2. The van der Waals surface area contributed by atoms with Crippen LogP contribution in [-0.2, 0) is 13.0 Å². The highest BCUT2D eigenvalue weighted by molar-refractivity contribution is 14.0. The van der Waals surface area contributed by atoms with Crippen LogP contribution in [0.5, 0.6) is 11.5 Å². The molecular weight excluding hydrogens is 441 g/mol. The van der Waals surface area contributed by atoms with Crippen molar-refractivity contribution in [1.82, 2.24) is 10.6 Å². The molecule has 0 unspecified atom stereocenters. The van der Waals surface area contributed by atoms with Gasteiger partial charge in [0, 0.05) is 20.1 Å². The lowest BCUT2D eigenvalue weighted by Gasteiger charge is -2.13. The molecule has 0 atom stereocenters. The lowest BCUT2D eigenvalue weighted by Crippen LogP contribution is -2.37. The van der Waals surface area contributed by atoms with E-state index >= 15 is 0 Å². The maximum atomic E-state index is 5.53. The van der Waals surface area contributed by atoms with Gasteiger partial charge in [0.25, 0.3) is 0 Å². The molecule has 0 amide bonds. The van der Waals surface area contributed by atoms with Gasteiger partial charge in [-0.15, -0.1) is 24.0 Å². The second-order valence-electron chi connectivity index (χ2n) is 5.53. The van der Waals surface area contributed by atoms with E-state index < -0.39 is 0 Å². The number of rotatable bonds is 8. The second-order valence-corrected chi connectivity index (χ2v) is 5.53. The van der Waals surface area contributed by atoms with Crippen LogP contribution < -0.4 is 20.1 Å². The van der Waals surface area contributed by atoms with Crippen LogP contribution in [0, 0.1) is 0 Å². The molecule has 2 aromatic carbocycles. The maximum Gasteiger partial charge on any atom is 0.191 e. The van der Waals surface area contributed by atoms with E-state index in [-0.39, 0.29) is 24.0 Å². The zero-order valence-corrected chi connectivity index (χ0v) is 17.9. The van der Waals surface area contributed by atoms with Gasteiger partial charge in [-0.2, -0.15) is 0 Å². The van der Waals surface area contributed by atoms with Crippen molar-refractivity contribution < 1.29 is 9.47 Å². The number of hydrogen-bond acceptors (Lipinski definition) is 3. The van der Waals surface area contributed by atoms with Crippen LogP contribution >= 0.6 is 24.0 Å². The SMILES string of the molecule is CCOc1cccc(CNC(=NC)NCCc2ccc(OC)cc2)c1.I. The number of methoxy groups -OCH3 is 1. The van der Waals surface area contributed by atoms with E-state index in [1.54, 1.807) is 14.2 Å². The minimum atomic E-state index is 0. The molecule has 0 bridgehead atoms. The molecule has 26 heavy (non-hydrogen) atoms. The third-order valence-corrected chi connectivity index (χ3v) is 3.76. The average molecular weight is 469 g/mol. The summed E-state index contributed by atoms with van der Waals surface area (Å²) in [6.45, 7) is 4.17. The summed E-state index contributed by atoms with van der Waals surface area (Å²) in [7, 11) is 3.45. The Morgan fingerprint density at radius 1 is 1.00 bits per heavy atom. The fourth-order valence-corrected chi connectivity index (χ4v) is 2.44. The van der Waals surface area contributed by atoms with Gasteiger partial charge < -0.3 is 20.1 Å². The first-order chi connectivity index (χ1) is 12.2. The van der Waals surface area contributed by atoms with E-state index in [0.29, 0.717) is 13.2 Å². The third-order valence-electron chi connectivity index (χ3n) is 3.76. The second kappa shape index (κ2) is 12.4. The molecule has 0 spiro atoms. The van der Waals surface area contributed by atoms with Crippen molar-refractivity contribution >= 4 is 29.9 Å². The van der Waals surface area contributed by atoms with E-state index in [1.165, 1.54) is 5.56 Å². The summed E-state index contributed by atoms with van der Waals surface area (Å²) in [6.07, 6.45) is 0.921. The van der Waals surface area contributed by atoms with E-state index in [2.05, 4.69) is 33.8 Å². The minimum Gasteiger partial charge on any atom is -0.497 e. The highest BCUT2D eigenvalue weighted by Crippen LogP contribution is 2.13. The minimum absolute atomic E-state index is 0. The van der Waals surface area contributed by atoms with Crippen molar-refractivity contribution in [2.24, 2.45) is 4.99 Å². The molecule has 0 aliphatic rings. The number of aliphatic imine (C=N–C) groups is 1. The molecule has 0 aliphatic heterocycles. The van der Waals surface area contributed by atoms with Crippen LogP contribution in [0.25, 0.3) is 0 Å². The van der Waals surface area contributed by atoms with Crippen molar-refractivity contribution in [3.05, 3.63) is 59.7 Å². The summed E-state index contributed by atoms with van der Waals surface area (Å²) in [6, 6.07) is 16.2. The summed E-state index contributed by atoms with van der Waals surface area (Å²) < 4.78 is 10.7. The zero-order chi connectivity index (χ0) is 17.9. The van der Waals surface area contributed by atoms with Crippen molar-refractivity contribution in [3.63, 3.8) is 0 Å². The molecule has 2 N–H and O–H groups in total. The van der Waals surface area contributed by atoms with Gasteiger partial charge in [0.15, 0.2) is 5.96 Å². The third kappa shape index (κ3) is 7.51. The topological polar surface area (TPSA) is 54.9 Å². The standard InChI is InChI=1S/C20H27N3O2.HI/c1-4-25-19-7-5-6-17(14-19)15-23-20(21-2)22-13-12-16-8-10-18(24-3)11-9-16;/h5-11,14H,4,12-13,15H2,1-3H3,(H2,21,22,23);1H. The Labute approximate surface area is 173 Å². The van der Waals surface area contributed by atoms with Gasteiger partial charge in [0.2, 0.25) is 0 Å². The van der Waals surface area contributed by atoms with Gasteiger partial charge in [-0.25, -0.2) is 0 Å². The van der Waals surface area contributed by atoms with Crippen LogP contribution in [-0.4, -0.2) is 33.3 Å². The molecule has 6 heteroatoms. The molecule has 0 aliphatic carbocycles. The Kier molecular flexibility index (Phi) is 10.5. The summed E-state index contributed by atoms with van der Waals surface area (Å²) in [5.74, 6) is 2.56. The van der Waals surface area contributed by atoms with E-state index in [4.69, 9.17) is 9.47 Å². The van der Waals surface area contributed by atoms with Gasteiger partial charge in [-0.05, 0) is 48.7 Å². The first-order valence-corrected chi connectivity index (χ1v) is 8.54. The Balaban J connectivity index is 0.00000338. The van der Waals surface area contributed by atoms with E-state index in [9.17, 15) is 0 Å². The molecule has 5 nitrogen and oxygen atoms in total. The Bertz CT molecular complexity index is 675. The summed E-state index contributed by atoms with van der Waals surface area (Å²) in [4.78, 5) is 4.26. The van der Waals surface area contributed by atoms with Crippen molar-refractivity contribution in [2.45, 2.75) is 19.9 Å². The maximum absolute atomic E-state index is 5.53. The summed E-state index contributed by atoms with van der Waals surface area (Å²) in [5.41, 5.74) is 2.41. The van der Waals surface area contributed by atoms with Crippen LogP contribution in [0.4, 0.5) is 0 Å². The highest BCUT2D eigenvalue weighted by atomic mass is 127. The van der Waals surface area contributed by atoms with Gasteiger partial charge >= 0.3 is 0 Å². The van der Waals surface area contributed by atoms with Crippen LogP contribution in [0.2, 0.25) is 0 Å². The molecule has 2 aromatic rings. The van der Waals surface area contributed by atoms with E-state index in [0.717, 1.165) is 36.0 Å². The monoisotopic (exact) mass is 469 g/mol. The van der Waals surface area contributed by atoms with Gasteiger partial charge in [-0.1, -0.05) is 24.3 Å². The normalized spacial score (nSPS) is 10.7. The molecule has 0 saturated heterocycles. The molecule has 2 rings (SSSR count). The fourth-order valence-electron chi connectivity index (χ4n) is 2.44. The lowest BCUT2D eigenvalue weighted by molar-refractivity contribution is 0.340. The molecule has 0 heterocycles. The molecule has 0 radical (unpaired) electrons. The summed E-state index contributed by atoms with van der Waals surface area (Å²) >= 11 is 0. The Morgan fingerprint density at radius 3 is 2.42 bits per heavy atom.